The van der Waals surface area contributed by atoms with Crippen LogP contribution in [0.2, 0.25) is 10.0 Å². The smallest absolute Gasteiger partial charge is 0.255 e. The molecule has 3 rings (SSSR count). The Bertz CT molecular complexity index is 829. The Morgan fingerprint density at radius 2 is 1.75 bits per heavy atom. The fraction of sp³-hybridized carbons (Fsp3) is 0.409. The van der Waals surface area contributed by atoms with E-state index in [0.29, 0.717) is 28.6 Å². The van der Waals surface area contributed by atoms with Crippen LogP contribution in [0.4, 0.5) is 5.69 Å². The molecule has 4 nitrogen and oxygen atoms in total. The molecule has 0 aromatic heterocycles. The molecular weight excluding hydrogens is 395 g/mol. The third-order valence-corrected chi connectivity index (χ3v) is 6.25. The predicted molar refractivity (Wildman–Crippen MR) is 116 cm³/mol. The minimum absolute atomic E-state index is 0.0956. The maximum absolute atomic E-state index is 12.9. The number of benzene rings is 2. The van der Waals surface area contributed by atoms with Gasteiger partial charge in [0, 0.05) is 23.0 Å². The SMILES string of the molecule is COc1cc(N)c(Cl)cc1C(=O)NCC1(c2ccc(Cl)cc2)CCCCCC1. The average Bonchev–Trinajstić information content (AvgIpc) is 2.95. The first-order valence-corrected chi connectivity index (χ1v) is 10.4. The highest BCUT2D eigenvalue weighted by atomic mass is 35.5. The molecule has 0 saturated heterocycles. The van der Waals surface area contributed by atoms with Crippen LogP contribution < -0.4 is 15.8 Å². The van der Waals surface area contributed by atoms with Crippen LogP contribution in [0.5, 0.6) is 5.75 Å². The van der Waals surface area contributed by atoms with Gasteiger partial charge in [0.2, 0.25) is 0 Å². The maximum atomic E-state index is 12.9. The zero-order chi connectivity index (χ0) is 20.1. The molecule has 1 fully saturated rings. The largest absolute Gasteiger partial charge is 0.496 e. The van der Waals surface area contributed by atoms with Gasteiger partial charge in [-0.15, -0.1) is 0 Å². The Morgan fingerprint density at radius 3 is 2.36 bits per heavy atom. The highest BCUT2D eigenvalue weighted by molar-refractivity contribution is 6.33. The molecule has 0 heterocycles. The van der Waals surface area contributed by atoms with Crippen molar-refractivity contribution in [1.82, 2.24) is 5.32 Å². The van der Waals surface area contributed by atoms with Crippen LogP contribution in [-0.4, -0.2) is 19.6 Å². The van der Waals surface area contributed by atoms with Gasteiger partial charge < -0.3 is 15.8 Å². The quantitative estimate of drug-likeness (QED) is 0.488. The van der Waals surface area contributed by atoms with Crippen LogP contribution in [-0.2, 0) is 5.41 Å². The first-order valence-electron chi connectivity index (χ1n) is 9.62. The van der Waals surface area contributed by atoms with Crippen LogP contribution >= 0.6 is 23.2 Å². The van der Waals surface area contributed by atoms with Crippen molar-refractivity contribution < 1.29 is 9.53 Å². The summed E-state index contributed by atoms with van der Waals surface area (Å²) < 4.78 is 5.32. The molecule has 3 N–H and O–H groups in total. The Hall–Kier alpha value is -1.91. The second-order valence-electron chi connectivity index (χ2n) is 7.46. The van der Waals surface area contributed by atoms with Crippen molar-refractivity contribution in [3.63, 3.8) is 0 Å². The fourth-order valence-corrected chi connectivity index (χ4v) is 4.33. The Balaban J connectivity index is 1.85. The van der Waals surface area contributed by atoms with E-state index >= 15 is 0 Å². The lowest BCUT2D eigenvalue weighted by molar-refractivity contribution is 0.0937. The predicted octanol–water partition coefficient (Wildman–Crippen LogP) is 5.61. The van der Waals surface area contributed by atoms with Crippen LogP contribution in [0.1, 0.15) is 54.4 Å². The molecule has 1 amide bonds. The summed E-state index contributed by atoms with van der Waals surface area (Å²) >= 11 is 12.2. The molecule has 0 spiro atoms. The van der Waals surface area contributed by atoms with Gasteiger partial charge >= 0.3 is 0 Å². The van der Waals surface area contributed by atoms with Crippen molar-refractivity contribution in [2.75, 3.05) is 19.4 Å². The van der Waals surface area contributed by atoms with E-state index in [1.165, 1.54) is 25.5 Å². The van der Waals surface area contributed by atoms with Gasteiger partial charge in [-0.25, -0.2) is 0 Å². The molecule has 6 heteroatoms. The third-order valence-electron chi connectivity index (χ3n) is 5.67. The van der Waals surface area contributed by atoms with Gasteiger partial charge in [0.05, 0.1) is 23.4 Å². The van der Waals surface area contributed by atoms with E-state index < -0.39 is 0 Å². The summed E-state index contributed by atoms with van der Waals surface area (Å²) in [4.78, 5) is 12.9. The third kappa shape index (κ3) is 4.56. The number of rotatable bonds is 5. The number of nitrogen functional groups attached to an aromatic ring is 1. The number of hydrogen-bond acceptors (Lipinski definition) is 3. The van der Waals surface area contributed by atoms with Crippen LogP contribution in [0.15, 0.2) is 36.4 Å². The molecule has 1 saturated carbocycles. The fourth-order valence-electron chi connectivity index (χ4n) is 4.04. The van der Waals surface area contributed by atoms with Crippen molar-refractivity contribution in [3.05, 3.63) is 57.6 Å². The number of amides is 1. The summed E-state index contributed by atoms with van der Waals surface area (Å²) in [6.45, 7) is 0.554. The van der Waals surface area contributed by atoms with Crippen molar-refractivity contribution >= 4 is 34.8 Å². The Morgan fingerprint density at radius 1 is 1.11 bits per heavy atom. The number of halogens is 2. The summed E-state index contributed by atoms with van der Waals surface area (Å²) in [7, 11) is 1.51. The van der Waals surface area contributed by atoms with Gasteiger partial charge in [-0.2, -0.15) is 0 Å². The number of ether oxygens (including phenoxy) is 1. The number of nitrogens with two attached hydrogens (primary N) is 1. The normalized spacial score (nSPS) is 16.2. The molecule has 1 aliphatic rings. The standard InChI is InChI=1S/C22H26Cl2N2O2/c1-28-20-13-19(25)18(24)12-17(20)21(27)26-14-22(10-4-2-3-5-11-22)15-6-8-16(23)9-7-15/h6-9,12-13H,2-5,10-11,14,25H2,1H3,(H,26,27). The molecule has 0 radical (unpaired) electrons. The van der Waals surface area contributed by atoms with E-state index in [1.807, 2.05) is 12.1 Å². The number of nitrogens with one attached hydrogen (secondary N) is 1. The van der Waals surface area contributed by atoms with Gasteiger partial charge in [-0.05, 0) is 36.6 Å². The lowest BCUT2D eigenvalue weighted by Gasteiger charge is -2.34. The number of anilines is 1. The van der Waals surface area contributed by atoms with Crippen LogP contribution in [0.25, 0.3) is 0 Å². The molecule has 2 aromatic rings. The molecule has 0 aliphatic heterocycles. The van der Waals surface area contributed by atoms with Crippen molar-refractivity contribution in [2.45, 2.75) is 43.9 Å². The molecular formula is C22H26Cl2N2O2. The van der Waals surface area contributed by atoms with E-state index in [-0.39, 0.29) is 11.3 Å². The average molecular weight is 421 g/mol. The summed E-state index contributed by atoms with van der Waals surface area (Å²) in [5.41, 5.74) is 7.73. The van der Waals surface area contributed by atoms with Gasteiger partial charge in [0.25, 0.3) is 5.91 Å². The van der Waals surface area contributed by atoms with Gasteiger partial charge in [0.1, 0.15) is 5.75 Å². The topological polar surface area (TPSA) is 64.3 Å². The summed E-state index contributed by atoms with van der Waals surface area (Å²) in [5.74, 6) is 0.206. The summed E-state index contributed by atoms with van der Waals surface area (Å²) in [5, 5.41) is 4.18. The number of carbonyl (C=O) groups excluding carboxylic acids is 1. The van der Waals surface area contributed by atoms with E-state index in [4.69, 9.17) is 33.7 Å². The van der Waals surface area contributed by atoms with Crippen molar-refractivity contribution in [3.8, 4) is 5.75 Å². The van der Waals surface area contributed by atoms with Gasteiger partial charge in [-0.3, -0.25) is 4.79 Å². The zero-order valence-corrected chi connectivity index (χ0v) is 17.6. The number of methoxy groups -OCH3 is 1. The van der Waals surface area contributed by atoms with Crippen LogP contribution in [0, 0.1) is 0 Å². The van der Waals surface area contributed by atoms with E-state index in [9.17, 15) is 4.79 Å². The highest BCUT2D eigenvalue weighted by Crippen LogP contribution is 2.38. The van der Waals surface area contributed by atoms with E-state index in [1.54, 1.807) is 12.1 Å². The van der Waals surface area contributed by atoms with Gasteiger partial charge in [-0.1, -0.05) is 61.0 Å². The maximum Gasteiger partial charge on any atom is 0.255 e. The molecule has 1 aliphatic carbocycles. The Kier molecular flexibility index (Phi) is 6.73. The number of hydrogen-bond donors (Lipinski definition) is 2. The van der Waals surface area contributed by atoms with Crippen molar-refractivity contribution in [1.29, 1.82) is 0 Å². The number of carbonyl (C=O) groups is 1. The zero-order valence-electron chi connectivity index (χ0n) is 16.1. The molecule has 0 bridgehead atoms. The van der Waals surface area contributed by atoms with Gasteiger partial charge in [0.15, 0.2) is 0 Å². The first kappa shape index (κ1) is 20.8. The minimum atomic E-state index is -0.212. The minimum Gasteiger partial charge on any atom is -0.496 e. The molecule has 2 aromatic carbocycles. The van der Waals surface area contributed by atoms with E-state index in [2.05, 4.69) is 17.4 Å². The van der Waals surface area contributed by atoms with E-state index in [0.717, 1.165) is 30.7 Å². The summed E-state index contributed by atoms with van der Waals surface area (Å²) in [6.07, 6.45) is 6.82. The molecule has 0 unspecified atom stereocenters. The molecule has 150 valence electrons. The lowest BCUT2D eigenvalue weighted by Crippen LogP contribution is -2.40. The second-order valence-corrected chi connectivity index (χ2v) is 8.30. The lowest BCUT2D eigenvalue weighted by atomic mass is 9.74. The summed E-state index contributed by atoms with van der Waals surface area (Å²) in [6, 6.07) is 11.2. The van der Waals surface area contributed by atoms with Crippen LogP contribution in [0.3, 0.4) is 0 Å². The monoisotopic (exact) mass is 420 g/mol. The highest BCUT2D eigenvalue weighted by Gasteiger charge is 2.33. The molecule has 28 heavy (non-hydrogen) atoms. The first-order chi connectivity index (χ1) is 13.4. The Labute approximate surface area is 176 Å². The molecule has 0 atom stereocenters. The second kappa shape index (κ2) is 9.06. The van der Waals surface area contributed by atoms with Crippen molar-refractivity contribution in [2.24, 2.45) is 0 Å².